The molecule has 142 valence electrons. The van der Waals surface area contributed by atoms with Crippen LogP contribution in [0, 0.1) is 0 Å². The number of H-pyrrole nitrogens is 1. The number of aromatic amines is 1. The zero-order valence-electron chi connectivity index (χ0n) is 15.1. The van der Waals surface area contributed by atoms with Crippen LogP contribution in [0.3, 0.4) is 0 Å². The first-order valence-corrected chi connectivity index (χ1v) is 9.72. The molecule has 0 aliphatic heterocycles. The van der Waals surface area contributed by atoms with E-state index < -0.39 is 0 Å². The second-order valence-electron chi connectivity index (χ2n) is 6.70. The molecule has 0 spiro atoms. The maximum absolute atomic E-state index is 13.2. The van der Waals surface area contributed by atoms with E-state index in [1.54, 1.807) is 18.5 Å². The first kappa shape index (κ1) is 17.9. The molecule has 5 nitrogen and oxygen atoms in total. The standard InChI is InChI=1S/C22H14Cl2N4O/c23-16-5-3-6-17(24)15(16)12-28-11-14(13-4-1-2-7-20(13)28)21(29)22-26-18-8-9-25-10-19(18)27-22/h1-11H,12H2,(H,26,27). The summed E-state index contributed by atoms with van der Waals surface area (Å²) in [5.41, 5.74) is 3.73. The lowest BCUT2D eigenvalue weighted by atomic mass is 10.1. The SMILES string of the molecule is O=C(c1nc2ccncc2[nH]1)c1cn(Cc2c(Cl)cccc2Cl)c2ccccc12. The fraction of sp³-hybridized carbons (Fsp3) is 0.0455. The van der Waals surface area contributed by atoms with E-state index in [0.29, 0.717) is 27.7 Å². The number of carbonyl (C=O) groups excluding carboxylic acids is 1. The summed E-state index contributed by atoms with van der Waals surface area (Å²) in [5.74, 6) is 0.105. The molecule has 0 aliphatic carbocycles. The number of carbonyl (C=O) groups is 1. The maximum Gasteiger partial charge on any atom is 0.230 e. The van der Waals surface area contributed by atoms with Gasteiger partial charge in [0.05, 0.1) is 29.3 Å². The Hall–Kier alpha value is -3.15. The largest absolute Gasteiger partial charge is 0.342 e. The summed E-state index contributed by atoms with van der Waals surface area (Å²) < 4.78 is 1.99. The topological polar surface area (TPSA) is 63.6 Å². The van der Waals surface area contributed by atoms with E-state index in [-0.39, 0.29) is 11.6 Å². The highest BCUT2D eigenvalue weighted by molar-refractivity contribution is 6.36. The molecule has 0 unspecified atom stereocenters. The van der Waals surface area contributed by atoms with Gasteiger partial charge in [0.1, 0.15) is 0 Å². The van der Waals surface area contributed by atoms with Crippen molar-refractivity contribution in [2.45, 2.75) is 6.54 Å². The lowest BCUT2D eigenvalue weighted by Gasteiger charge is -2.09. The van der Waals surface area contributed by atoms with Gasteiger partial charge < -0.3 is 9.55 Å². The van der Waals surface area contributed by atoms with Crippen LogP contribution in [-0.2, 0) is 6.54 Å². The number of halogens is 2. The number of nitrogens with zero attached hydrogens (tertiary/aromatic N) is 3. The van der Waals surface area contributed by atoms with E-state index in [9.17, 15) is 4.79 Å². The normalized spacial score (nSPS) is 11.4. The number of aromatic nitrogens is 4. The minimum atomic E-state index is -0.179. The molecule has 0 saturated carbocycles. The van der Waals surface area contributed by atoms with Gasteiger partial charge in [-0.15, -0.1) is 0 Å². The molecule has 0 radical (unpaired) electrons. The van der Waals surface area contributed by atoms with Crippen molar-refractivity contribution in [3.05, 3.63) is 94.1 Å². The third-order valence-corrected chi connectivity index (χ3v) is 5.63. The average molecular weight is 421 g/mol. The molecule has 0 atom stereocenters. The number of rotatable bonds is 4. The molecule has 1 N–H and O–H groups in total. The molecule has 0 fully saturated rings. The van der Waals surface area contributed by atoms with Gasteiger partial charge in [-0.25, -0.2) is 4.98 Å². The fourth-order valence-corrected chi connectivity index (χ4v) is 4.02. The molecule has 2 aromatic carbocycles. The molecule has 5 rings (SSSR count). The number of pyridine rings is 1. The van der Waals surface area contributed by atoms with Gasteiger partial charge in [-0.1, -0.05) is 47.5 Å². The van der Waals surface area contributed by atoms with Gasteiger partial charge in [0.25, 0.3) is 0 Å². The Morgan fingerprint density at radius 1 is 1.03 bits per heavy atom. The number of hydrogen-bond acceptors (Lipinski definition) is 3. The van der Waals surface area contributed by atoms with E-state index in [1.807, 2.05) is 53.2 Å². The lowest BCUT2D eigenvalue weighted by molar-refractivity contribution is 0.103. The summed E-state index contributed by atoms with van der Waals surface area (Å²) in [4.78, 5) is 24.8. The molecule has 29 heavy (non-hydrogen) atoms. The van der Waals surface area contributed by atoms with Crippen molar-refractivity contribution in [3.8, 4) is 0 Å². The van der Waals surface area contributed by atoms with Crippen molar-refractivity contribution < 1.29 is 4.79 Å². The molecular formula is C22H14Cl2N4O. The highest BCUT2D eigenvalue weighted by Gasteiger charge is 2.20. The van der Waals surface area contributed by atoms with Crippen LogP contribution in [0.4, 0.5) is 0 Å². The monoisotopic (exact) mass is 420 g/mol. The third kappa shape index (κ3) is 3.09. The van der Waals surface area contributed by atoms with Gasteiger partial charge in [-0.3, -0.25) is 9.78 Å². The van der Waals surface area contributed by atoms with Gasteiger partial charge >= 0.3 is 0 Å². The number of para-hydroxylation sites is 1. The smallest absolute Gasteiger partial charge is 0.230 e. The molecule has 3 heterocycles. The zero-order valence-corrected chi connectivity index (χ0v) is 16.6. The van der Waals surface area contributed by atoms with Gasteiger partial charge in [0.15, 0.2) is 5.82 Å². The summed E-state index contributed by atoms with van der Waals surface area (Å²) in [7, 11) is 0. The van der Waals surface area contributed by atoms with Crippen molar-refractivity contribution in [2.75, 3.05) is 0 Å². The molecule has 7 heteroatoms. The zero-order chi connectivity index (χ0) is 20.0. The summed E-state index contributed by atoms with van der Waals surface area (Å²) in [6.07, 6.45) is 5.14. The Morgan fingerprint density at radius 2 is 1.83 bits per heavy atom. The van der Waals surface area contributed by atoms with E-state index in [2.05, 4.69) is 15.0 Å². The van der Waals surface area contributed by atoms with Crippen molar-refractivity contribution in [2.24, 2.45) is 0 Å². The third-order valence-electron chi connectivity index (χ3n) is 4.92. The van der Waals surface area contributed by atoms with Crippen molar-refractivity contribution in [1.82, 2.24) is 19.5 Å². The van der Waals surface area contributed by atoms with Crippen LogP contribution in [0.1, 0.15) is 21.7 Å². The molecule has 0 saturated heterocycles. The number of imidazole rings is 1. The fourth-order valence-electron chi connectivity index (χ4n) is 3.50. The molecule has 0 bridgehead atoms. The summed E-state index contributed by atoms with van der Waals surface area (Å²) >= 11 is 12.7. The van der Waals surface area contributed by atoms with E-state index in [0.717, 1.165) is 22.0 Å². The minimum absolute atomic E-state index is 0.179. The lowest BCUT2D eigenvalue weighted by Crippen LogP contribution is -2.04. The number of fused-ring (bicyclic) bond motifs is 2. The van der Waals surface area contributed by atoms with Gasteiger partial charge in [0, 0.05) is 38.9 Å². The highest BCUT2D eigenvalue weighted by Crippen LogP contribution is 2.29. The summed E-state index contributed by atoms with van der Waals surface area (Å²) in [6.45, 7) is 0.455. The van der Waals surface area contributed by atoms with Gasteiger partial charge in [-0.2, -0.15) is 0 Å². The maximum atomic E-state index is 13.2. The van der Waals surface area contributed by atoms with Gasteiger partial charge in [0.2, 0.25) is 5.78 Å². The van der Waals surface area contributed by atoms with E-state index in [4.69, 9.17) is 23.2 Å². The van der Waals surface area contributed by atoms with Crippen molar-refractivity contribution >= 4 is 50.9 Å². The minimum Gasteiger partial charge on any atom is -0.342 e. The van der Waals surface area contributed by atoms with Crippen LogP contribution in [-0.4, -0.2) is 25.3 Å². The van der Waals surface area contributed by atoms with Crippen LogP contribution in [0.5, 0.6) is 0 Å². The number of hydrogen-bond donors (Lipinski definition) is 1. The van der Waals surface area contributed by atoms with Crippen LogP contribution >= 0.6 is 23.2 Å². The van der Waals surface area contributed by atoms with E-state index >= 15 is 0 Å². The van der Waals surface area contributed by atoms with Crippen molar-refractivity contribution in [3.63, 3.8) is 0 Å². The number of ketones is 1. The Kier molecular flexibility index (Phi) is 4.34. The highest BCUT2D eigenvalue weighted by atomic mass is 35.5. The Labute approximate surface area is 175 Å². The quantitative estimate of drug-likeness (QED) is 0.390. The van der Waals surface area contributed by atoms with Crippen LogP contribution in [0.15, 0.2) is 67.1 Å². The molecule has 0 aliphatic rings. The van der Waals surface area contributed by atoms with Gasteiger partial charge in [-0.05, 0) is 24.3 Å². The second kappa shape index (κ2) is 7.03. The second-order valence-corrected chi connectivity index (χ2v) is 7.51. The predicted octanol–water partition coefficient (Wildman–Crippen LogP) is 5.50. The molecule has 3 aromatic heterocycles. The number of benzene rings is 2. The molecule has 0 amide bonds. The first-order chi connectivity index (χ1) is 14.1. The predicted molar refractivity (Wildman–Crippen MR) is 115 cm³/mol. The molecule has 5 aromatic rings. The Morgan fingerprint density at radius 3 is 2.62 bits per heavy atom. The first-order valence-electron chi connectivity index (χ1n) is 8.97. The Balaban J connectivity index is 1.62. The summed E-state index contributed by atoms with van der Waals surface area (Å²) in [6, 6.07) is 14.9. The van der Waals surface area contributed by atoms with Crippen molar-refractivity contribution in [1.29, 1.82) is 0 Å². The van der Waals surface area contributed by atoms with Crippen LogP contribution < -0.4 is 0 Å². The molecular weight excluding hydrogens is 407 g/mol. The Bertz CT molecular complexity index is 1330. The van der Waals surface area contributed by atoms with Crippen LogP contribution in [0.2, 0.25) is 10.0 Å². The van der Waals surface area contributed by atoms with Crippen LogP contribution in [0.25, 0.3) is 21.9 Å². The number of nitrogens with one attached hydrogen (secondary N) is 1. The summed E-state index contributed by atoms with van der Waals surface area (Å²) in [5, 5.41) is 2.03. The van der Waals surface area contributed by atoms with E-state index in [1.165, 1.54) is 0 Å². The average Bonchev–Trinajstić information content (AvgIpc) is 3.32.